The van der Waals surface area contributed by atoms with Gasteiger partial charge < -0.3 is 14.9 Å². The third kappa shape index (κ3) is 2.66. The third-order valence-electron chi connectivity index (χ3n) is 4.75. The van der Waals surface area contributed by atoms with Crippen molar-refractivity contribution in [3.05, 3.63) is 10.6 Å². The molecule has 5 nitrogen and oxygen atoms in total. The molecule has 0 aromatic carbocycles. The molecule has 3 unspecified atom stereocenters. The van der Waals surface area contributed by atoms with Crippen molar-refractivity contribution >= 4 is 22.4 Å². The van der Waals surface area contributed by atoms with Crippen molar-refractivity contribution in [1.29, 1.82) is 0 Å². The van der Waals surface area contributed by atoms with Gasteiger partial charge in [0.1, 0.15) is 5.92 Å². The number of fused-ring (bicyclic) bond motifs is 1. The molecule has 0 saturated carbocycles. The number of aliphatic carboxylic acids is 1. The van der Waals surface area contributed by atoms with Gasteiger partial charge in [-0.1, -0.05) is 6.92 Å². The van der Waals surface area contributed by atoms with E-state index in [9.17, 15) is 9.90 Å². The summed E-state index contributed by atoms with van der Waals surface area (Å²) < 4.78 is 0. The summed E-state index contributed by atoms with van der Waals surface area (Å²) in [6.07, 6.45) is 2.67. The van der Waals surface area contributed by atoms with Gasteiger partial charge in [0.25, 0.3) is 0 Å². The molecule has 1 fully saturated rings. The van der Waals surface area contributed by atoms with Gasteiger partial charge in [0.2, 0.25) is 0 Å². The predicted molar refractivity (Wildman–Crippen MR) is 84.3 cm³/mol. The lowest BCUT2D eigenvalue weighted by Gasteiger charge is -2.22. The van der Waals surface area contributed by atoms with E-state index in [4.69, 9.17) is 4.98 Å². The first kappa shape index (κ1) is 14.8. The molecule has 1 N–H and O–H groups in total. The minimum absolute atomic E-state index is 0.400. The van der Waals surface area contributed by atoms with Crippen LogP contribution in [0.1, 0.15) is 36.3 Å². The fourth-order valence-electron chi connectivity index (χ4n) is 3.56. The number of likely N-dealkylation sites (N-methyl/N-ethyl adjacent to an activating group) is 1. The number of aryl methyl sites for hydroxylation is 1. The van der Waals surface area contributed by atoms with E-state index < -0.39 is 11.9 Å². The summed E-state index contributed by atoms with van der Waals surface area (Å²) in [7, 11) is 4.25. The quantitative estimate of drug-likeness (QED) is 0.926. The number of carboxylic acids is 1. The highest BCUT2D eigenvalue weighted by Crippen LogP contribution is 2.39. The number of carbonyl (C=O) groups is 1. The van der Waals surface area contributed by atoms with Crippen LogP contribution in [0.25, 0.3) is 0 Å². The lowest BCUT2D eigenvalue weighted by Crippen LogP contribution is -2.34. The highest BCUT2D eigenvalue weighted by atomic mass is 32.1. The minimum atomic E-state index is -0.728. The molecular formula is C15H23N3O2S. The average Bonchev–Trinajstić information content (AvgIpc) is 3.00. The number of anilines is 1. The molecule has 1 aliphatic carbocycles. The van der Waals surface area contributed by atoms with E-state index >= 15 is 0 Å². The molecule has 1 aromatic heterocycles. The average molecular weight is 309 g/mol. The molecule has 1 saturated heterocycles. The van der Waals surface area contributed by atoms with Crippen LogP contribution < -0.4 is 4.90 Å². The first-order valence-electron chi connectivity index (χ1n) is 7.61. The Morgan fingerprint density at radius 1 is 1.43 bits per heavy atom. The standard InChI is InChI=1S/C15H23N3O2S/c1-9-7-18(8-11(9)17(2)3)15-16-13-10(14(19)20)5-4-6-12(13)21-15/h9-11H,4-8H2,1-3H3,(H,19,20). The third-order valence-corrected chi connectivity index (χ3v) is 5.94. The maximum Gasteiger partial charge on any atom is 0.312 e. The Labute approximate surface area is 129 Å². The smallest absolute Gasteiger partial charge is 0.312 e. The number of hydrogen-bond acceptors (Lipinski definition) is 5. The highest BCUT2D eigenvalue weighted by Gasteiger charge is 2.35. The summed E-state index contributed by atoms with van der Waals surface area (Å²) in [4.78, 5) is 21.9. The summed E-state index contributed by atoms with van der Waals surface area (Å²) in [6, 6.07) is 0.543. The highest BCUT2D eigenvalue weighted by molar-refractivity contribution is 7.15. The van der Waals surface area contributed by atoms with Crippen molar-refractivity contribution in [3.63, 3.8) is 0 Å². The summed E-state index contributed by atoms with van der Waals surface area (Å²) in [5, 5.41) is 10.4. The van der Waals surface area contributed by atoms with Crippen LogP contribution in [0.15, 0.2) is 0 Å². The van der Waals surface area contributed by atoms with Gasteiger partial charge >= 0.3 is 5.97 Å². The monoisotopic (exact) mass is 309 g/mol. The van der Waals surface area contributed by atoms with Crippen LogP contribution in [0.5, 0.6) is 0 Å². The summed E-state index contributed by atoms with van der Waals surface area (Å²) in [6.45, 7) is 4.27. The molecule has 3 atom stereocenters. The number of rotatable bonds is 3. The molecule has 2 aliphatic rings. The summed E-state index contributed by atoms with van der Waals surface area (Å²) >= 11 is 1.70. The zero-order valence-electron chi connectivity index (χ0n) is 12.9. The Morgan fingerprint density at radius 3 is 2.81 bits per heavy atom. The molecule has 6 heteroatoms. The molecule has 2 heterocycles. The van der Waals surface area contributed by atoms with Gasteiger partial charge in [0.15, 0.2) is 5.13 Å². The van der Waals surface area contributed by atoms with Gasteiger partial charge in [-0.2, -0.15) is 0 Å². The maximum atomic E-state index is 11.4. The second-order valence-electron chi connectivity index (χ2n) is 6.50. The number of aromatic nitrogens is 1. The van der Waals surface area contributed by atoms with E-state index in [1.165, 1.54) is 4.88 Å². The van der Waals surface area contributed by atoms with E-state index in [1.54, 1.807) is 11.3 Å². The first-order chi connectivity index (χ1) is 9.97. The predicted octanol–water partition coefficient (Wildman–Crippen LogP) is 2.03. The minimum Gasteiger partial charge on any atom is -0.481 e. The van der Waals surface area contributed by atoms with Crippen LogP contribution >= 0.6 is 11.3 Å². The largest absolute Gasteiger partial charge is 0.481 e. The molecule has 0 radical (unpaired) electrons. The fourth-order valence-corrected chi connectivity index (χ4v) is 4.74. The van der Waals surface area contributed by atoms with Crippen LogP contribution in [0, 0.1) is 5.92 Å². The van der Waals surface area contributed by atoms with Gasteiger partial charge in [-0.25, -0.2) is 4.98 Å². The fraction of sp³-hybridized carbons (Fsp3) is 0.733. The van der Waals surface area contributed by atoms with E-state index in [0.29, 0.717) is 12.0 Å². The normalized spacial score (nSPS) is 29.0. The van der Waals surface area contributed by atoms with E-state index in [0.717, 1.165) is 43.2 Å². The van der Waals surface area contributed by atoms with E-state index in [2.05, 4.69) is 30.8 Å². The molecule has 21 heavy (non-hydrogen) atoms. The Balaban J connectivity index is 1.84. The zero-order chi connectivity index (χ0) is 15.1. The van der Waals surface area contributed by atoms with Gasteiger partial charge in [0.05, 0.1) is 5.69 Å². The van der Waals surface area contributed by atoms with Crippen LogP contribution in [-0.2, 0) is 11.2 Å². The van der Waals surface area contributed by atoms with Gasteiger partial charge in [0, 0.05) is 24.0 Å². The SMILES string of the molecule is CC1CN(c2nc3c(s2)CCCC3C(=O)O)CC1N(C)C. The van der Waals surface area contributed by atoms with Gasteiger partial charge in [-0.05, 0) is 39.3 Å². The Hall–Kier alpha value is -1.14. The molecule has 1 aromatic rings. The number of thiazole rings is 1. The number of nitrogens with zero attached hydrogens (tertiary/aromatic N) is 3. The van der Waals surface area contributed by atoms with Gasteiger partial charge in [-0.3, -0.25) is 4.79 Å². The number of carboxylic acid groups (broad SMARTS) is 1. The van der Waals surface area contributed by atoms with Crippen molar-refractivity contribution < 1.29 is 9.90 Å². The molecule has 0 amide bonds. The number of hydrogen-bond donors (Lipinski definition) is 1. The van der Waals surface area contributed by atoms with Crippen LogP contribution in [0.2, 0.25) is 0 Å². The van der Waals surface area contributed by atoms with E-state index in [1.807, 2.05) is 0 Å². The zero-order valence-corrected chi connectivity index (χ0v) is 13.7. The van der Waals surface area contributed by atoms with Crippen LogP contribution in [0.4, 0.5) is 5.13 Å². The summed E-state index contributed by atoms with van der Waals surface area (Å²) in [5.41, 5.74) is 0.828. The van der Waals surface area contributed by atoms with Crippen molar-refractivity contribution in [3.8, 4) is 0 Å². The Kier molecular flexibility index (Phi) is 3.92. The van der Waals surface area contributed by atoms with Gasteiger partial charge in [-0.15, -0.1) is 11.3 Å². The molecule has 3 rings (SSSR count). The molecule has 0 bridgehead atoms. The van der Waals surface area contributed by atoms with Crippen molar-refractivity contribution in [2.45, 2.75) is 38.1 Å². The molecule has 1 aliphatic heterocycles. The van der Waals surface area contributed by atoms with Crippen molar-refractivity contribution in [2.75, 3.05) is 32.1 Å². The molecule has 0 spiro atoms. The lowest BCUT2D eigenvalue weighted by molar-refractivity contribution is -0.139. The molecule has 116 valence electrons. The lowest BCUT2D eigenvalue weighted by atomic mass is 9.91. The van der Waals surface area contributed by atoms with Crippen LogP contribution in [-0.4, -0.2) is 54.2 Å². The first-order valence-corrected chi connectivity index (χ1v) is 8.42. The Bertz CT molecular complexity index is 543. The second kappa shape index (κ2) is 5.57. The molecular weight excluding hydrogens is 286 g/mol. The Morgan fingerprint density at radius 2 is 2.19 bits per heavy atom. The van der Waals surface area contributed by atoms with Crippen LogP contribution in [0.3, 0.4) is 0 Å². The van der Waals surface area contributed by atoms with Crippen molar-refractivity contribution in [2.24, 2.45) is 5.92 Å². The summed E-state index contributed by atoms with van der Waals surface area (Å²) in [5.74, 6) is -0.520. The second-order valence-corrected chi connectivity index (χ2v) is 7.56. The maximum absolute atomic E-state index is 11.4. The topological polar surface area (TPSA) is 56.7 Å². The van der Waals surface area contributed by atoms with E-state index in [-0.39, 0.29) is 0 Å². The van der Waals surface area contributed by atoms with Crippen molar-refractivity contribution in [1.82, 2.24) is 9.88 Å².